The zero-order chi connectivity index (χ0) is 13.0. The molecule has 5 nitrogen and oxygen atoms in total. The molecule has 2 heterocycles. The lowest BCUT2D eigenvalue weighted by atomic mass is 9.86. The molecule has 1 aromatic heterocycles. The Kier molecular flexibility index (Phi) is 4.35. The smallest absolute Gasteiger partial charge is 0.227 e. The first-order chi connectivity index (χ1) is 8.55. The van der Waals surface area contributed by atoms with Crippen molar-refractivity contribution in [2.45, 2.75) is 39.7 Å². The van der Waals surface area contributed by atoms with Crippen LogP contribution in [0.5, 0.6) is 0 Å². The van der Waals surface area contributed by atoms with Crippen LogP contribution >= 0.6 is 0 Å². The summed E-state index contributed by atoms with van der Waals surface area (Å²) < 4.78 is 5.05. The third kappa shape index (κ3) is 3.78. The maximum absolute atomic E-state index is 5.05. The Balaban J connectivity index is 1.87. The fraction of sp³-hybridized carbons (Fsp3) is 0.846. The highest BCUT2D eigenvalue weighted by Gasteiger charge is 2.27. The number of nitrogens with one attached hydrogen (secondary N) is 1. The molecule has 1 aliphatic heterocycles. The van der Waals surface area contributed by atoms with E-state index in [0.29, 0.717) is 11.5 Å². The molecule has 0 saturated carbocycles. The number of aromatic nitrogens is 2. The van der Waals surface area contributed by atoms with Gasteiger partial charge in [-0.1, -0.05) is 25.9 Å². The molecule has 0 radical (unpaired) electrons. The lowest BCUT2D eigenvalue weighted by molar-refractivity contribution is 0.194. The van der Waals surface area contributed by atoms with Gasteiger partial charge in [-0.05, 0) is 24.9 Å². The largest absolute Gasteiger partial charge is 0.340 e. The SMILES string of the molecule is CC(C)(C)C1CN(CCc2ncno2)CCCN1. The summed E-state index contributed by atoms with van der Waals surface area (Å²) in [4.78, 5) is 6.57. The number of rotatable bonds is 3. The van der Waals surface area contributed by atoms with Crippen molar-refractivity contribution in [3.8, 4) is 0 Å². The Hall–Kier alpha value is -0.940. The van der Waals surface area contributed by atoms with Gasteiger partial charge < -0.3 is 14.7 Å². The Morgan fingerprint density at radius 2 is 2.33 bits per heavy atom. The van der Waals surface area contributed by atoms with Gasteiger partial charge in [0.1, 0.15) is 0 Å². The van der Waals surface area contributed by atoms with E-state index < -0.39 is 0 Å². The number of hydrogen-bond acceptors (Lipinski definition) is 5. The Labute approximate surface area is 109 Å². The standard InChI is InChI=1S/C13H24N4O/c1-13(2,3)11-9-17(7-4-6-14-11)8-5-12-15-10-16-18-12/h10-11,14H,4-9H2,1-3H3. The van der Waals surface area contributed by atoms with Crippen molar-refractivity contribution in [1.82, 2.24) is 20.4 Å². The highest BCUT2D eigenvalue weighted by atomic mass is 16.5. The second-order valence-electron chi connectivity index (χ2n) is 6.11. The van der Waals surface area contributed by atoms with Crippen LogP contribution in [-0.4, -0.2) is 47.3 Å². The minimum absolute atomic E-state index is 0.299. The first-order valence-corrected chi connectivity index (χ1v) is 6.77. The molecule has 0 aromatic carbocycles. The van der Waals surface area contributed by atoms with Crippen molar-refractivity contribution in [2.75, 3.05) is 26.2 Å². The monoisotopic (exact) mass is 252 g/mol. The molecule has 0 spiro atoms. The zero-order valence-corrected chi connectivity index (χ0v) is 11.6. The van der Waals surface area contributed by atoms with E-state index >= 15 is 0 Å². The molecule has 1 N–H and O–H groups in total. The Morgan fingerprint density at radius 1 is 1.50 bits per heavy atom. The van der Waals surface area contributed by atoms with Gasteiger partial charge >= 0.3 is 0 Å². The summed E-state index contributed by atoms with van der Waals surface area (Å²) >= 11 is 0. The van der Waals surface area contributed by atoms with E-state index in [1.807, 2.05) is 0 Å². The van der Waals surface area contributed by atoms with E-state index in [9.17, 15) is 0 Å². The van der Waals surface area contributed by atoms with Gasteiger partial charge in [-0.25, -0.2) is 0 Å². The summed E-state index contributed by atoms with van der Waals surface area (Å²) in [7, 11) is 0. The van der Waals surface area contributed by atoms with Crippen LogP contribution in [0.25, 0.3) is 0 Å². The molecule has 1 atom stereocenters. The first kappa shape index (κ1) is 13.5. The Morgan fingerprint density at radius 3 is 3.00 bits per heavy atom. The van der Waals surface area contributed by atoms with E-state index in [1.54, 1.807) is 0 Å². The van der Waals surface area contributed by atoms with Crippen LogP contribution in [0, 0.1) is 5.41 Å². The predicted octanol–water partition coefficient (Wildman–Crippen LogP) is 1.32. The van der Waals surface area contributed by atoms with Crippen molar-refractivity contribution >= 4 is 0 Å². The normalized spacial score (nSPS) is 22.9. The maximum Gasteiger partial charge on any atom is 0.227 e. The van der Waals surface area contributed by atoms with Crippen molar-refractivity contribution in [2.24, 2.45) is 5.41 Å². The molecule has 1 aromatic rings. The highest BCUT2D eigenvalue weighted by Crippen LogP contribution is 2.21. The molecule has 1 aliphatic rings. The first-order valence-electron chi connectivity index (χ1n) is 6.77. The van der Waals surface area contributed by atoms with Gasteiger partial charge in [-0.3, -0.25) is 0 Å². The van der Waals surface area contributed by atoms with Crippen LogP contribution < -0.4 is 5.32 Å². The molecule has 18 heavy (non-hydrogen) atoms. The molecule has 2 rings (SSSR count). The van der Waals surface area contributed by atoms with Crippen molar-refractivity contribution in [3.05, 3.63) is 12.2 Å². The van der Waals surface area contributed by atoms with Crippen LogP contribution in [0.1, 0.15) is 33.1 Å². The van der Waals surface area contributed by atoms with E-state index in [4.69, 9.17) is 4.52 Å². The number of hydrogen-bond donors (Lipinski definition) is 1. The fourth-order valence-corrected chi connectivity index (χ4v) is 2.34. The Bertz CT molecular complexity index is 344. The van der Waals surface area contributed by atoms with E-state index in [-0.39, 0.29) is 0 Å². The topological polar surface area (TPSA) is 54.2 Å². The minimum Gasteiger partial charge on any atom is -0.340 e. The third-order valence-corrected chi connectivity index (χ3v) is 3.58. The van der Waals surface area contributed by atoms with Crippen molar-refractivity contribution in [3.63, 3.8) is 0 Å². The zero-order valence-electron chi connectivity index (χ0n) is 11.6. The summed E-state index contributed by atoms with van der Waals surface area (Å²) in [6.45, 7) is 11.2. The molecule has 0 aliphatic carbocycles. The van der Waals surface area contributed by atoms with Crippen LogP contribution in [0.3, 0.4) is 0 Å². The van der Waals surface area contributed by atoms with Gasteiger partial charge in [-0.15, -0.1) is 0 Å². The molecular weight excluding hydrogens is 228 g/mol. The quantitative estimate of drug-likeness (QED) is 0.879. The third-order valence-electron chi connectivity index (χ3n) is 3.58. The van der Waals surface area contributed by atoms with Crippen LogP contribution in [0.15, 0.2) is 10.9 Å². The van der Waals surface area contributed by atoms with E-state index in [0.717, 1.165) is 38.5 Å². The maximum atomic E-state index is 5.05. The second-order valence-corrected chi connectivity index (χ2v) is 6.11. The summed E-state index contributed by atoms with van der Waals surface area (Å²) in [5, 5.41) is 7.29. The van der Waals surface area contributed by atoms with Crippen LogP contribution in [0.4, 0.5) is 0 Å². The second kappa shape index (κ2) is 5.80. The average Bonchev–Trinajstić information content (AvgIpc) is 2.69. The molecule has 1 unspecified atom stereocenters. The predicted molar refractivity (Wildman–Crippen MR) is 70.3 cm³/mol. The molecule has 0 bridgehead atoms. The van der Waals surface area contributed by atoms with E-state index in [2.05, 4.69) is 41.1 Å². The summed E-state index contributed by atoms with van der Waals surface area (Å²) in [6, 6.07) is 0.544. The summed E-state index contributed by atoms with van der Waals surface area (Å²) in [6.07, 6.45) is 3.52. The molecule has 1 fully saturated rings. The number of nitrogens with zero attached hydrogens (tertiary/aromatic N) is 3. The van der Waals surface area contributed by atoms with Crippen molar-refractivity contribution < 1.29 is 4.52 Å². The van der Waals surface area contributed by atoms with Gasteiger partial charge in [0.2, 0.25) is 5.89 Å². The molecule has 102 valence electrons. The lowest BCUT2D eigenvalue weighted by Crippen LogP contribution is -2.46. The minimum atomic E-state index is 0.299. The van der Waals surface area contributed by atoms with Crippen LogP contribution in [0.2, 0.25) is 0 Å². The van der Waals surface area contributed by atoms with Gasteiger partial charge in [0, 0.05) is 25.6 Å². The molecule has 5 heteroatoms. The fourth-order valence-electron chi connectivity index (χ4n) is 2.34. The summed E-state index contributed by atoms with van der Waals surface area (Å²) in [5.41, 5.74) is 0.299. The molecular formula is C13H24N4O. The van der Waals surface area contributed by atoms with Crippen molar-refractivity contribution in [1.29, 1.82) is 0 Å². The average molecular weight is 252 g/mol. The van der Waals surface area contributed by atoms with Gasteiger partial charge in [0.25, 0.3) is 0 Å². The van der Waals surface area contributed by atoms with Gasteiger partial charge in [-0.2, -0.15) is 4.98 Å². The van der Waals surface area contributed by atoms with Gasteiger partial charge in [0.15, 0.2) is 6.33 Å². The van der Waals surface area contributed by atoms with E-state index in [1.165, 1.54) is 12.7 Å². The molecule has 1 saturated heterocycles. The summed E-state index contributed by atoms with van der Waals surface area (Å²) in [5.74, 6) is 0.736. The molecule has 0 amide bonds. The highest BCUT2D eigenvalue weighted by molar-refractivity contribution is 4.87. The lowest BCUT2D eigenvalue weighted by Gasteiger charge is -2.33. The van der Waals surface area contributed by atoms with Gasteiger partial charge in [0.05, 0.1) is 0 Å². The van der Waals surface area contributed by atoms with Crippen LogP contribution in [-0.2, 0) is 6.42 Å².